The van der Waals surface area contributed by atoms with Gasteiger partial charge in [-0.3, -0.25) is 4.79 Å². The summed E-state index contributed by atoms with van der Waals surface area (Å²) in [6.45, 7) is 2.36. The van der Waals surface area contributed by atoms with E-state index in [9.17, 15) is 20.1 Å². The number of phenolic OH excluding ortho intramolecular Hbond substituents is 3. The van der Waals surface area contributed by atoms with E-state index in [0.29, 0.717) is 30.1 Å². The van der Waals surface area contributed by atoms with Crippen LogP contribution in [0, 0.1) is 0 Å². The predicted octanol–water partition coefficient (Wildman–Crippen LogP) is 3.39. The van der Waals surface area contributed by atoms with Gasteiger partial charge in [0.2, 0.25) is 0 Å². The largest absolute Gasteiger partial charge is 0.507 e. The Hall–Kier alpha value is -3.15. The zero-order valence-corrected chi connectivity index (χ0v) is 14.2. The van der Waals surface area contributed by atoms with Crippen LogP contribution in [-0.2, 0) is 6.42 Å². The van der Waals surface area contributed by atoms with Gasteiger partial charge in [-0.2, -0.15) is 0 Å². The van der Waals surface area contributed by atoms with Crippen molar-refractivity contribution in [1.29, 1.82) is 0 Å². The van der Waals surface area contributed by atoms with Crippen molar-refractivity contribution in [3.8, 4) is 28.7 Å². The van der Waals surface area contributed by atoms with Gasteiger partial charge < -0.3 is 24.8 Å². The van der Waals surface area contributed by atoms with Crippen molar-refractivity contribution >= 4 is 5.78 Å². The highest BCUT2D eigenvalue weighted by Crippen LogP contribution is 2.47. The van der Waals surface area contributed by atoms with Crippen LogP contribution in [0.3, 0.4) is 0 Å². The molecule has 2 aliphatic heterocycles. The number of phenols is 3. The van der Waals surface area contributed by atoms with Crippen LogP contribution in [0.4, 0.5) is 0 Å². The Kier molecular flexibility index (Phi) is 3.76. The number of carbonyl (C=O) groups excluding carboxylic acids is 1. The normalized spacial score (nSPS) is 18.7. The number of allylic oxidation sites excluding steroid dienone is 1. The fourth-order valence-electron chi connectivity index (χ4n) is 3.29. The van der Waals surface area contributed by atoms with Gasteiger partial charge in [-0.1, -0.05) is 12.1 Å². The van der Waals surface area contributed by atoms with Crippen LogP contribution in [0.25, 0.3) is 0 Å². The Morgan fingerprint density at radius 3 is 2.65 bits per heavy atom. The highest BCUT2D eigenvalue weighted by molar-refractivity contribution is 6.03. The van der Waals surface area contributed by atoms with E-state index in [4.69, 9.17) is 9.47 Å². The molecule has 0 amide bonds. The topological polar surface area (TPSA) is 96.2 Å². The van der Waals surface area contributed by atoms with E-state index >= 15 is 0 Å². The minimum Gasteiger partial charge on any atom is -0.507 e. The van der Waals surface area contributed by atoms with E-state index < -0.39 is 6.10 Å². The van der Waals surface area contributed by atoms with E-state index in [2.05, 4.69) is 0 Å². The summed E-state index contributed by atoms with van der Waals surface area (Å²) in [4.78, 5) is 12.7. The molecule has 0 radical (unpaired) electrons. The summed E-state index contributed by atoms with van der Waals surface area (Å²) in [5.41, 5.74) is 2.50. The summed E-state index contributed by atoms with van der Waals surface area (Å²) in [5.74, 6) is -0.0988. The molecule has 2 aliphatic rings. The van der Waals surface area contributed by atoms with Crippen molar-refractivity contribution in [3.63, 3.8) is 0 Å². The van der Waals surface area contributed by atoms with Crippen LogP contribution >= 0.6 is 0 Å². The summed E-state index contributed by atoms with van der Waals surface area (Å²) in [5, 5.41) is 29.5. The number of ether oxygens (including phenoxy) is 2. The van der Waals surface area contributed by atoms with Crippen molar-refractivity contribution in [2.45, 2.75) is 25.9 Å². The van der Waals surface area contributed by atoms with E-state index in [1.807, 2.05) is 13.0 Å². The third-order valence-electron chi connectivity index (χ3n) is 4.71. The van der Waals surface area contributed by atoms with Gasteiger partial charge in [0.15, 0.2) is 17.3 Å². The molecule has 2 aromatic carbocycles. The number of benzene rings is 2. The maximum absolute atomic E-state index is 12.7. The van der Waals surface area contributed by atoms with Gasteiger partial charge in [-0.25, -0.2) is 0 Å². The molecular formula is C20H18O6. The van der Waals surface area contributed by atoms with Gasteiger partial charge in [-0.05, 0) is 36.6 Å². The molecule has 2 aromatic rings. The molecule has 3 N–H and O–H groups in total. The van der Waals surface area contributed by atoms with Gasteiger partial charge in [0.05, 0.1) is 6.42 Å². The maximum atomic E-state index is 12.7. The molecule has 0 fully saturated rings. The molecule has 1 atom stereocenters. The summed E-state index contributed by atoms with van der Waals surface area (Å²) < 4.78 is 11.8. The molecule has 6 nitrogen and oxygen atoms in total. The maximum Gasteiger partial charge on any atom is 0.174 e. The van der Waals surface area contributed by atoms with Gasteiger partial charge in [-0.15, -0.1) is 0 Å². The van der Waals surface area contributed by atoms with Crippen LogP contribution in [0.5, 0.6) is 28.7 Å². The van der Waals surface area contributed by atoms with Gasteiger partial charge >= 0.3 is 0 Å². The summed E-state index contributed by atoms with van der Waals surface area (Å²) >= 11 is 0. The first-order valence-corrected chi connectivity index (χ1v) is 8.33. The Balaban J connectivity index is 1.81. The predicted molar refractivity (Wildman–Crippen MR) is 93.2 cm³/mol. The first-order chi connectivity index (χ1) is 12.4. The Morgan fingerprint density at radius 1 is 1.08 bits per heavy atom. The van der Waals surface area contributed by atoms with E-state index in [1.165, 1.54) is 18.2 Å². The number of Topliss-reactive ketones (excluding diaryl/α,β-unsaturated/α-hetero) is 1. The molecule has 0 saturated heterocycles. The van der Waals surface area contributed by atoms with Crippen molar-refractivity contribution in [2.75, 3.05) is 6.61 Å². The van der Waals surface area contributed by atoms with Crippen molar-refractivity contribution < 1.29 is 29.6 Å². The molecule has 134 valence electrons. The molecule has 26 heavy (non-hydrogen) atoms. The molecule has 1 unspecified atom stereocenters. The average molecular weight is 354 g/mol. The second kappa shape index (κ2) is 5.98. The summed E-state index contributed by atoms with van der Waals surface area (Å²) in [7, 11) is 0. The Labute approximate surface area is 149 Å². The number of aromatic hydroxyl groups is 3. The van der Waals surface area contributed by atoms with Crippen LogP contribution in [-0.4, -0.2) is 27.7 Å². The molecule has 0 aromatic heterocycles. The van der Waals surface area contributed by atoms with Gasteiger partial charge in [0, 0.05) is 11.6 Å². The fraction of sp³-hybridized carbons (Fsp3) is 0.250. The van der Waals surface area contributed by atoms with Crippen LogP contribution < -0.4 is 9.47 Å². The molecule has 4 rings (SSSR count). The SMILES string of the molecule is CC1=CCc2c(cc(O)c3c2OC(c2ccc(O)c(O)c2)CC3=O)OC1. The molecule has 0 bridgehead atoms. The standard InChI is InChI=1S/C20H18O6/c1-10-2-4-12-18(25-9-10)8-16(24)19-15(23)7-17(26-20(12)19)11-3-5-13(21)14(22)6-11/h2-3,5-6,8,17,21-22,24H,4,7,9H2,1H3. The number of hydrogen-bond donors (Lipinski definition) is 3. The van der Waals surface area contributed by atoms with Gasteiger partial charge in [0.25, 0.3) is 0 Å². The number of rotatable bonds is 1. The van der Waals surface area contributed by atoms with Crippen LogP contribution in [0.1, 0.15) is 40.9 Å². The minimum absolute atomic E-state index is 0.0271. The van der Waals surface area contributed by atoms with Crippen molar-refractivity contribution in [2.24, 2.45) is 0 Å². The van der Waals surface area contributed by atoms with Crippen molar-refractivity contribution in [3.05, 3.63) is 52.6 Å². The Morgan fingerprint density at radius 2 is 1.88 bits per heavy atom. The smallest absolute Gasteiger partial charge is 0.174 e. The van der Waals surface area contributed by atoms with E-state index in [-0.39, 0.29) is 35.0 Å². The third-order valence-corrected chi connectivity index (χ3v) is 4.71. The number of carbonyl (C=O) groups is 1. The molecule has 0 aliphatic carbocycles. The third kappa shape index (κ3) is 2.63. The quantitative estimate of drug-likeness (QED) is 0.537. The van der Waals surface area contributed by atoms with Crippen LogP contribution in [0.2, 0.25) is 0 Å². The first-order valence-electron chi connectivity index (χ1n) is 8.33. The number of fused-ring (bicyclic) bond motifs is 3. The lowest BCUT2D eigenvalue weighted by molar-refractivity contribution is 0.0842. The summed E-state index contributed by atoms with van der Waals surface area (Å²) in [6.07, 6.45) is 1.94. The molecule has 0 saturated carbocycles. The van der Waals surface area contributed by atoms with Crippen LogP contribution in [0.15, 0.2) is 35.9 Å². The Bertz CT molecular complexity index is 944. The monoisotopic (exact) mass is 354 g/mol. The van der Waals surface area contributed by atoms with Gasteiger partial charge in [0.1, 0.15) is 35.5 Å². The minimum atomic E-state index is -0.624. The molecule has 6 heteroatoms. The number of ketones is 1. The van der Waals surface area contributed by atoms with Crippen molar-refractivity contribution in [1.82, 2.24) is 0 Å². The molecule has 0 spiro atoms. The second-order valence-electron chi connectivity index (χ2n) is 6.60. The second-order valence-corrected chi connectivity index (χ2v) is 6.60. The average Bonchev–Trinajstić information content (AvgIpc) is 2.79. The first kappa shape index (κ1) is 16.3. The number of hydrogen-bond acceptors (Lipinski definition) is 6. The van der Waals surface area contributed by atoms with E-state index in [1.54, 1.807) is 6.07 Å². The lowest BCUT2D eigenvalue weighted by Gasteiger charge is -2.28. The zero-order valence-electron chi connectivity index (χ0n) is 14.2. The summed E-state index contributed by atoms with van der Waals surface area (Å²) in [6, 6.07) is 5.79. The fourth-order valence-corrected chi connectivity index (χ4v) is 3.29. The van der Waals surface area contributed by atoms with E-state index in [0.717, 1.165) is 11.1 Å². The lowest BCUT2D eigenvalue weighted by atomic mass is 9.92. The lowest BCUT2D eigenvalue weighted by Crippen LogP contribution is -2.22. The highest BCUT2D eigenvalue weighted by atomic mass is 16.5. The molecular weight excluding hydrogens is 336 g/mol. The molecule has 2 heterocycles. The zero-order chi connectivity index (χ0) is 18.4. The highest BCUT2D eigenvalue weighted by Gasteiger charge is 2.34.